The second-order valence-corrected chi connectivity index (χ2v) is 25.3. The normalized spacial score (nSPS) is 14.3. The maximum absolute atomic E-state index is 13.0. The van der Waals surface area contributed by atoms with Crippen LogP contribution in [0.2, 0.25) is 0 Å². The van der Waals surface area contributed by atoms with Gasteiger partial charge in [0.1, 0.15) is 13.2 Å². The van der Waals surface area contributed by atoms with Crippen molar-refractivity contribution in [1.29, 1.82) is 0 Å². The van der Waals surface area contributed by atoms with Crippen LogP contribution >= 0.6 is 7.82 Å². The van der Waals surface area contributed by atoms with Crippen molar-refractivity contribution in [3.8, 4) is 0 Å². The third kappa shape index (κ3) is 63.1. The fourth-order valence-electron chi connectivity index (χ4n) is 9.74. The highest BCUT2D eigenvalue weighted by Crippen LogP contribution is 2.43. The molecule has 8 nitrogen and oxygen atoms in total. The molecule has 0 saturated heterocycles. The van der Waals surface area contributed by atoms with Crippen LogP contribution in [-0.2, 0) is 18.4 Å². The van der Waals surface area contributed by atoms with Crippen LogP contribution in [0.15, 0.2) is 85.1 Å². The number of nitrogens with zero attached hydrogens (tertiary/aromatic N) is 1. The minimum atomic E-state index is -4.34. The van der Waals surface area contributed by atoms with E-state index in [1.54, 1.807) is 0 Å². The monoisotopic (exact) mass is 1130 g/mol. The molecule has 3 N–H and O–H groups in total. The van der Waals surface area contributed by atoms with Crippen LogP contribution in [0, 0.1) is 0 Å². The molecule has 0 heterocycles. The number of amides is 1. The molecule has 0 fully saturated rings. The third-order valence-electron chi connectivity index (χ3n) is 14.9. The van der Waals surface area contributed by atoms with Gasteiger partial charge in [-0.3, -0.25) is 13.8 Å². The van der Waals surface area contributed by atoms with E-state index in [4.69, 9.17) is 9.05 Å². The molecule has 3 unspecified atom stereocenters. The van der Waals surface area contributed by atoms with Crippen molar-refractivity contribution in [2.75, 3.05) is 40.9 Å². The molecular formula is C70H130N2O6P+. The molecular weight excluding hydrogens is 996 g/mol. The fourth-order valence-corrected chi connectivity index (χ4v) is 10.5. The van der Waals surface area contributed by atoms with Crippen LogP contribution in [-0.4, -0.2) is 73.4 Å². The van der Waals surface area contributed by atoms with Crippen molar-refractivity contribution in [2.24, 2.45) is 0 Å². The Morgan fingerprint density at radius 1 is 0.443 bits per heavy atom. The number of allylic oxidation sites excluding steroid dienone is 14. The topological polar surface area (TPSA) is 105 Å². The van der Waals surface area contributed by atoms with Gasteiger partial charge in [0.2, 0.25) is 5.91 Å². The lowest BCUT2D eigenvalue weighted by molar-refractivity contribution is -0.870. The predicted molar refractivity (Wildman–Crippen MR) is 346 cm³/mol. The summed E-state index contributed by atoms with van der Waals surface area (Å²) in [5.41, 5.74) is 0. The van der Waals surface area contributed by atoms with Gasteiger partial charge in [-0.25, -0.2) is 4.57 Å². The maximum Gasteiger partial charge on any atom is 0.472 e. The summed E-state index contributed by atoms with van der Waals surface area (Å²) in [4.78, 5) is 23.4. The first-order valence-electron chi connectivity index (χ1n) is 33.5. The maximum atomic E-state index is 13.0. The summed E-state index contributed by atoms with van der Waals surface area (Å²) in [5.74, 6) is -0.163. The summed E-state index contributed by atoms with van der Waals surface area (Å²) in [5, 5.41) is 14.1. The first-order chi connectivity index (χ1) is 38.5. The quantitative estimate of drug-likeness (QED) is 0.0243. The van der Waals surface area contributed by atoms with E-state index in [1.165, 1.54) is 173 Å². The van der Waals surface area contributed by atoms with E-state index < -0.39 is 20.0 Å². The van der Waals surface area contributed by atoms with Crippen molar-refractivity contribution in [3.05, 3.63) is 85.1 Å². The van der Waals surface area contributed by atoms with E-state index >= 15 is 0 Å². The second kappa shape index (κ2) is 60.3. The molecule has 0 aromatic carbocycles. The number of carbonyl (C=O) groups is 1. The van der Waals surface area contributed by atoms with E-state index in [2.05, 4.69) is 104 Å². The number of aliphatic hydroxyl groups excluding tert-OH is 1. The van der Waals surface area contributed by atoms with Gasteiger partial charge < -0.3 is 19.8 Å². The van der Waals surface area contributed by atoms with Gasteiger partial charge in [0.25, 0.3) is 0 Å². The number of hydrogen-bond donors (Lipinski definition) is 3. The van der Waals surface area contributed by atoms with Gasteiger partial charge in [-0.15, -0.1) is 0 Å². The highest BCUT2D eigenvalue weighted by atomic mass is 31.2. The molecule has 0 radical (unpaired) electrons. The van der Waals surface area contributed by atoms with Gasteiger partial charge in [0.15, 0.2) is 0 Å². The van der Waals surface area contributed by atoms with Gasteiger partial charge in [0.05, 0.1) is 39.9 Å². The van der Waals surface area contributed by atoms with Crippen LogP contribution in [0.25, 0.3) is 0 Å². The van der Waals surface area contributed by atoms with E-state index in [9.17, 15) is 19.4 Å². The summed E-state index contributed by atoms with van der Waals surface area (Å²) in [6, 6.07) is -0.779. The zero-order valence-corrected chi connectivity index (χ0v) is 53.5. The Labute approximate surface area is 490 Å². The number of aliphatic hydroxyl groups is 1. The van der Waals surface area contributed by atoms with Gasteiger partial charge in [0, 0.05) is 6.42 Å². The molecule has 0 saturated carbocycles. The first kappa shape index (κ1) is 76.7. The number of carbonyl (C=O) groups excluding carboxylic acids is 1. The molecule has 0 bridgehead atoms. The molecule has 0 aliphatic carbocycles. The summed E-state index contributed by atoms with van der Waals surface area (Å²) < 4.78 is 23.9. The number of phosphoric acid groups is 1. The Hall–Kier alpha value is -2.32. The number of phosphoric ester groups is 1. The highest BCUT2D eigenvalue weighted by Gasteiger charge is 2.28. The molecule has 79 heavy (non-hydrogen) atoms. The molecule has 3 atom stereocenters. The number of quaternary nitrogens is 1. The van der Waals surface area contributed by atoms with E-state index in [0.29, 0.717) is 23.9 Å². The summed E-state index contributed by atoms with van der Waals surface area (Å²) >= 11 is 0. The lowest BCUT2D eigenvalue weighted by atomic mass is 10.0. The minimum absolute atomic E-state index is 0.0666. The predicted octanol–water partition coefficient (Wildman–Crippen LogP) is 21.2. The lowest BCUT2D eigenvalue weighted by Crippen LogP contribution is -2.46. The lowest BCUT2D eigenvalue weighted by Gasteiger charge is -2.26. The molecule has 0 aliphatic heterocycles. The Balaban J connectivity index is 4.13. The standard InChI is InChI=1S/C70H129N2O6P/c1-6-8-10-12-14-16-18-20-22-24-26-28-30-32-34-35-36-38-39-41-43-45-47-49-51-53-55-57-59-61-63-69(73)68(67-78-79(75,76)77-66-65-72(3,4)5)71-70(74)64-62-60-58-56-54-52-50-48-46-44-42-40-37-33-31-29-27-25-23-21-19-17-15-13-11-9-7-2/h9,11,15,17,21,23,27,29,33,37,42,44,48,50,68-69,73H,6-8,10,12-14,16,18-20,22,24-26,28,30-32,34-36,38-41,43,45-47,49,51-67H2,1-5H3,(H-,71,74,75,76)/p+1/b11-9-,17-15-,23-21-,29-27-,37-33-,44-42-,50-48-. The Bertz CT molecular complexity index is 1560. The number of unbranched alkanes of at least 4 members (excludes halogenated alkanes) is 34. The first-order valence-corrected chi connectivity index (χ1v) is 34.9. The second-order valence-electron chi connectivity index (χ2n) is 23.8. The SMILES string of the molecule is CC/C=C\C/C=C\C/C=C\C/C=C\C/C=C\C/C=C\C/C=C\CCCCCCCC(=O)NC(COP(=O)(O)OCC[N+](C)(C)C)C(O)CCCCCCCCCCCCCCCCCCCCCCCCCCCCCCCC. The Morgan fingerprint density at radius 2 is 0.759 bits per heavy atom. The zero-order valence-electron chi connectivity index (χ0n) is 52.6. The molecule has 460 valence electrons. The van der Waals surface area contributed by atoms with Gasteiger partial charge in [-0.2, -0.15) is 0 Å². The smallest absolute Gasteiger partial charge is 0.391 e. The largest absolute Gasteiger partial charge is 0.472 e. The zero-order chi connectivity index (χ0) is 57.7. The summed E-state index contributed by atoms with van der Waals surface area (Å²) in [6.45, 7) is 4.79. The average Bonchev–Trinajstić information content (AvgIpc) is 3.42. The van der Waals surface area contributed by atoms with Crippen molar-refractivity contribution < 1.29 is 32.9 Å². The summed E-state index contributed by atoms with van der Waals surface area (Å²) in [7, 11) is 1.60. The molecule has 9 heteroatoms. The average molecular weight is 1130 g/mol. The van der Waals surface area contributed by atoms with Crippen LogP contribution in [0.5, 0.6) is 0 Å². The molecule has 0 aliphatic rings. The van der Waals surface area contributed by atoms with Gasteiger partial charge in [-0.05, 0) is 70.6 Å². The van der Waals surface area contributed by atoms with Crippen molar-refractivity contribution in [3.63, 3.8) is 0 Å². The molecule has 0 rings (SSSR count). The van der Waals surface area contributed by atoms with Crippen LogP contribution < -0.4 is 5.32 Å². The molecule has 0 spiro atoms. The van der Waals surface area contributed by atoms with Gasteiger partial charge >= 0.3 is 7.82 Å². The fraction of sp³-hybridized carbons (Fsp3) is 0.786. The molecule has 0 aromatic heterocycles. The van der Waals surface area contributed by atoms with Crippen molar-refractivity contribution in [2.45, 2.75) is 315 Å². The Morgan fingerprint density at radius 3 is 1.11 bits per heavy atom. The van der Waals surface area contributed by atoms with Gasteiger partial charge in [-0.1, -0.05) is 311 Å². The molecule has 0 aromatic rings. The number of hydrogen-bond acceptors (Lipinski definition) is 5. The van der Waals surface area contributed by atoms with Crippen LogP contribution in [0.3, 0.4) is 0 Å². The number of nitrogens with one attached hydrogen (secondary N) is 1. The number of likely N-dealkylation sites (N-methyl/N-ethyl adjacent to an activating group) is 1. The Kier molecular flexibility index (Phi) is 58.5. The van der Waals surface area contributed by atoms with E-state index in [-0.39, 0.29) is 19.1 Å². The van der Waals surface area contributed by atoms with E-state index in [0.717, 1.165) is 103 Å². The van der Waals surface area contributed by atoms with Crippen molar-refractivity contribution >= 4 is 13.7 Å². The summed E-state index contributed by atoms with van der Waals surface area (Å²) in [6.07, 6.45) is 85.3. The third-order valence-corrected chi connectivity index (χ3v) is 15.9. The van der Waals surface area contributed by atoms with Crippen LogP contribution in [0.1, 0.15) is 303 Å². The highest BCUT2D eigenvalue weighted by molar-refractivity contribution is 7.47. The van der Waals surface area contributed by atoms with Crippen LogP contribution in [0.4, 0.5) is 0 Å². The van der Waals surface area contributed by atoms with E-state index in [1.807, 2.05) is 21.1 Å². The minimum Gasteiger partial charge on any atom is -0.391 e. The molecule has 1 amide bonds. The van der Waals surface area contributed by atoms with Crippen molar-refractivity contribution in [1.82, 2.24) is 5.32 Å². The number of rotatable bonds is 61.